The van der Waals surface area contributed by atoms with E-state index in [1.54, 1.807) is 0 Å². The Morgan fingerprint density at radius 3 is 2.72 bits per heavy atom. The van der Waals surface area contributed by atoms with Gasteiger partial charge in [-0.1, -0.05) is 6.92 Å². The van der Waals surface area contributed by atoms with Crippen molar-refractivity contribution in [3.63, 3.8) is 0 Å². The molecule has 100 valence electrons. The van der Waals surface area contributed by atoms with Crippen molar-refractivity contribution in [1.29, 1.82) is 0 Å². The van der Waals surface area contributed by atoms with Gasteiger partial charge in [0.2, 0.25) is 0 Å². The van der Waals surface area contributed by atoms with E-state index in [2.05, 4.69) is 21.2 Å². The van der Waals surface area contributed by atoms with E-state index in [-0.39, 0.29) is 21.7 Å². The molecule has 0 aromatic heterocycles. The van der Waals surface area contributed by atoms with E-state index in [1.165, 1.54) is 18.2 Å². The topological polar surface area (TPSA) is 29.1 Å². The van der Waals surface area contributed by atoms with Crippen LogP contribution >= 0.6 is 27.5 Å². The highest BCUT2D eigenvalue weighted by Gasteiger charge is 2.24. The van der Waals surface area contributed by atoms with Crippen LogP contribution in [-0.2, 0) is 0 Å². The zero-order valence-electron chi connectivity index (χ0n) is 10.4. The molecule has 0 saturated carbocycles. The molecule has 0 aliphatic carbocycles. The maximum absolute atomic E-state index is 13.1. The van der Waals surface area contributed by atoms with Crippen LogP contribution in [0.2, 0.25) is 0 Å². The number of alkyl halides is 1. The van der Waals surface area contributed by atoms with Crippen molar-refractivity contribution in [3.05, 3.63) is 34.1 Å². The van der Waals surface area contributed by atoms with Crippen LogP contribution in [0.4, 0.5) is 4.39 Å². The molecule has 0 fully saturated rings. The van der Waals surface area contributed by atoms with Crippen molar-refractivity contribution < 1.29 is 9.18 Å². The lowest BCUT2D eigenvalue weighted by Crippen LogP contribution is -2.45. The fourth-order valence-corrected chi connectivity index (χ4v) is 2.32. The van der Waals surface area contributed by atoms with Crippen LogP contribution < -0.4 is 5.32 Å². The molecule has 1 aromatic carbocycles. The van der Waals surface area contributed by atoms with E-state index in [9.17, 15) is 9.18 Å². The fraction of sp³-hybridized carbons (Fsp3) is 0.462. The zero-order chi connectivity index (χ0) is 13.8. The first-order valence-corrected chi connectivity index (χ1v) is 7.08. The molecule has 2 nitrogen and oxygen atoms in total. The van der Waals surface area contributed by atoms with E-state index in [0.29, 0.717) is 17.9 Å². The second-order valence-corrected chi connectivity index (χ2v) is 5.67. The Morgan fingerprint density at radius 1 is 1.56 bits per heavy atom. The second-order valence-electron chi connectivity index (χ2n) is 4.44. The predicted octanol–water partition coefficient (Wildman–Crippen LogP) is 4.12. The third kappa shape index (κ3) is 3.95. The van der Waals surface area contributed by atoms with Gasteiger partial charge in [0.05, 0.1) is 4.47 Å². The molecule has 1 aromatic rings. The van der Waals surface area contributed by atoms with Crippen LogP contribution in [0.25, 0.3) is 0 Å². The largest absolute Gasteiger partial charge is 0.347 e. The standard InChI is InChI=1S/C13H16BrClFNO/c1-3-13(2,6-7-15)17-12(18)9-4-5-11(16)10(14)8-9/h4-5,8H,3,6-7H2,1-2H3,(H,17,18). The van der Waals surface area contributed by atoms with Crippen molar-refractivity contribution in [1.82, 2.24) is 5.32 Å². The number of nitrogens with one attached hydrogen (secondary N) is 1. The van der Waals surface area contributed by atoms with Gasteiger partial charge in [-0.25, -0.2) is 4.39 Å². The number of hydrogen-bond donors (Lipinski definition) is 1. The summed E-state index contributed by atoms with van der Waals surface area (Å²) in [5.41, 5.74) is 0.0946. The Morgan fingerprint density at radius 2 is 2.22 bits per heavy atom. The summed E-state index contributed by atoms with van der Waals surface area (Å²) in [5.74, 6) is -0.117. The first kappa shape index (κ1) is 15.4. The van der Waals surface area contributed by atoms with E-state index < -0.39 is 0 Å². The highest BCUT2D eigenvalue weighted by Crippen LogP contribution is 2.19. The van der Waals surface area contributed by atoms with E-state index in [4.69, 9.17) is 11.6 Å². The van der Waals surface area contributed by atoms with Gasteiger partial charge in [0.25, 0.3) is 5.91 Å². The Kier molecular flexibility index (Phi) is 5.60. The average molecular weight is 337 g/mol. The highest BCUT2D eigenvalue weighted by atomic mass is 79.9. The minimum absolute atomic E-state index is 0.217. The van der Waals surface area contributed by atoms with Gasteiger partial charge in [0.15, 0.2) is 0 Å². The Labute approximate surface area is 120 Å². The fourth-order valence-electron chi connectivity index (χ4n) is 1.52. The molecule has 0 radical (unpaired) electrons. The maximum atomic E-state index is 13.1. The molecule has 18 heavy (non-hydrogen) atoms. The van der Waals surface area contributed by atoms with Crippen LogP contribution in [-0.4, -0.2) is 17.3 Å². The molecule has 0 aliphatic rings. The first-order chi connectivity index (χ1) is 8.41. The van der Waals surface area contributed by atoms with Gasteiger partial charge >= 0.3 is 0 Å². The summed E-state index contributed by atoms with van der Waals surface area (Å²) in [6.45, 7) is 3.94. The molecular weight excluding hydrogens is 321 g/mol. The first-order valence-electron chi connectivity index (χ1n) is 5.75. The summed E-state index contributed by atoms with van der Waals surface area (Å²) in [6, 6.07) is 4.21. The SMILES string of the molecule is CCC(C)(CCCl)NC(=O)c1ccc(F)c(Br)c1. The monoisotopic (exact) mass is 335 g/mol. The van der Waals surface area contributed by atoms with Gasteiger partial charge in [0, 0.05) is 17.0 Å². The number of halogens is 3. The van der Waals surface area contributed by atoms with Crippen LogP contribution in [0.1, 0.15) is 37.0 Å². The molecular formula is C13H16BrClFNO. The maximum Gasteiger partial charge on any atom is 0.251 e. The lowest BCUT2D eigenvalue weighted by Gasteiger charge is -2.29. The average Bonchev–Trinajstić information content (AvgIpc) is 2.32. The number of hydrogen-bond acceptors (Lipinski definition) is 1. The van der Waals surface area contributed by atoms with Crippen LogP contribution in [0.3, 0.4) is 0 Å². The van der Waals surface area contributed by atoms with Gasteiger partial charge in [-0.3, -0.25) is 4.79 Å². The molecule has 0 spiro atoms. The molecule has 1 amide bonds. The molecule has 1 unspecified atom stereocenters. The number of benzene rings is 1. The predicted molar refractivity (Wildman–Crippen MR) is 75.6 cm³/mol. The van der Waals surface area contributed by atoms with Gasteiger partial charge in [0.1, 0.15) is 5.82 Å². The lowest BCUT2D eigenvalue weighted by atomic mass is 9.95. The smallest absolute Gasteiger partial charge is 0.251 e. The van der Waals surface area contributed by atoms with Gasteiger partial charge < -0.3 is 5.32 Å². The summed E-state index contributed by atoms with van der Waals surface area (Å²) in [5, 5.41) is 2.94. The van der Waals surface area contributed by atoms with Crippen LogP contribution in [0.5, 0.6) is 0 Å². The van der Waals surface area contributed by atoms with Crippen molar-refractivity contribution in [2.45, 2.75) is 32.2 Å². The molecule has 1 atom stereocenters. The van der Waals surface area contributed by atoms with Crippen LogP contribution in [0, 0.1) is 5.82 Å². The summed E-state index contributed by atoms with van der Waals surface area (Å²) < 4.78 is 13.4. The number of carbonyl (C=O) groups is 1. The number of amides is 1. The highest BCUT2D eigenvalue weighted by molar-refractivity contribution is 9.10. The van der Waals surface area contributed by atoms with Crippen molar-refractivity contribution in [3.8, 4) is 0 Å². The van der Waals surface area contributed by atoms with E-state index >= 15 is 0 Å². The zero-order valence-corrected chi connectivity index (χ0v) is 12.7. The summed E-state index contributed by atoms with van der Waals surface area (Å²) in [6.07, 6.45) is 1.48. The molecule has 1 rings (SSSR count). The number of carbonyl (C=O) groups excluding carboxylic acids is 1. The van der Waals surface area contributed by atoms with Crippen molar-refractivity contribution in [2.75, 3.05) is 5.88 Å². The quantitative estimate of drug-likeness (QED) is 0.805. The minimum Gasteiger partial charge on any atom is -0.347 e. The Hall–Kier alpha value is -0.610. The third-order valence-corrected chi connectivity index (χ3v) is 3.82. The summed E-state index contributed by atoms with van der Waals surface area (Å²) >= 11 is 8.80. The molecule has 0 aliphatic heterocycles. The summed E-state index contributed by atoms with van der Waals surface area (Å²) in [4.78, 5) is 12.1. The van der Waals surface area contributed by atoms with Crippen LogP contribution in [0.15, 0.2) is 22.7 Å². The molecule has 0 bridgehead atoms. The Balaban J connectivity index is 2.84. The minimum atomic E-state index is -0.384. The Bertz CT molecular complexity index is 441. The van der Waals surface area contributed by atoms with Gasteiger partial charge in [-0.05, 0) is 53.9 Å². The van der Waals surface area contributed by atoms with E-state index in [1.807, 2.05) is 13.8 Å². The summed E-state index contributed by atoms with van der Waals surface area (Å²) in [7, 11) is 0. The van der Waals surface area contributed by atoms with Gasteiger partial charge in [-0.15, -0.1) is 11.6 Å². The molecule has 5 heteroatoms. The second kappa shape index (κ2) is 6.53. The molecule has 0 heterocycles. The molecule has 0 saturated heterocycles. The molecule has 1 N–H and O–H groups in total. The van der Waals surface area contributed by atoms with E-state index in [0.717, 1.165) is 6.42 Å². The normalized spacial score (nSPS) is 14.1. The van der Waals surface area contributed by atoms with Crippen molar-refractivity contribution >= 4 is 33.4 Å². The third-order valence-electron chi connectivity index (χ3n) is 3.02. The van der Waals surface area contributed by atoms with Gasteiger partial charge in [-0.2, -0.15) is 0 Å². The lowest BCUT2D eigenvalue weighted by molar-refractivity contribution is 0.0901. The number of rotatable bonds is 5. The van der Waals surface area contributed by atoms with Crippen molar-refractivity contribution in [2.24, 2.45) is 0 Å².